The second kappa shape index (κ2) is 8.05. The minimum Gasteiger partial charge on any atom is -0.452 e. The minimum absolute atomic E-state index is 0.0555. The molecule has 0 saturated heterocycles. The number of hydrogen-bond donors (Lipinski definition) is 1. The average Bonchev–Trinajstić information content (AvgIpc) is 2.55. The van der Waals surface area contributed by atoms with Crippen molar-refractivity contribution in [1.82, 2.24) is 9.71 Å². The highest BCUT2D eigenvalue weighted by Crippen LogP contribution is 2.31. The third-order valence-electron chi connectivity index (χ3n) is 3.40. The van der Waals surface area contributed by atoms with E-state index in [1.54, 1.807) is 16.7 Å². The number of nitrogens with one attached hydrogen (secondary N) is 1. The molecule has 146 valence electrons. The molecule has 2 rings (SSSR count). The van der Waals surface area contributed by atoms with Crippen LogP contribution >= 0.6 is 11.6 Å². The van der Waals surface area contributed by atoms with Crippen LogP contribution in [0.2, 0.25) is 5.02 Å². The van der Waals surface area contributed by atoms with Crippen molar-refractivity contribution in [2.24, 2.45) is 0 Å². The fourth-order valence-corrected chi connectivity index (χ4v) is 2.78. The summed E-state index contributed by atoms with van der Waals surface area (Å²) >= 11 is 6.11. The molecule has 1 heterocycles. The number of rotatable bonds is 6. The highest BCUT2D eigenvalue weighted by Gasteiger charge is 2.20. The molecule has 2 aromatic rings. The molecule has 0 aliphatic rings. The van der Waals surface area contributed by atoms with Crippen LogP contribution in [-0.2, 0) is 10.0 Å². The molecule has 1 N–H and O–H groups in total. The Morgan fingerprint density at radius 1 is 1.30 bits per heavy atom. The zero-order valence-corrected chi connectivity index (χ0v) is 16.2. The van der Waals surface area contributed by atoms with Gasteiger partial charge in [-0.3, -0.25) is 4.79 Å². The second-order valence-electron chi connectivity index (χ2n) is 5.56. The molecule has 0 unspecified atom stereocenters. The van der Waals surface area contributed by atoms with E-state index in [0.29, 0.717) is 30.8 Å². The minimum atomic E-state index is -3.92. The van der Waals surface area contributed by atoms with Gasteiger partial charge in [0.25, 0.3) is 5.91 Å². The SMILES string of the molecule is CCN(C)c1ncc(Oc2cc(F)c(C(=O)NS(C)(=O)=O)cc2F)cc1Cl. The quantitative estimate of drug-likeness (QED) is 0.774. The van der Waals surface area contributed by atoms with Gasteiger partial charge >= 0.3 is 0 Å². The summed E-state index contributed by atoms with van der Waals surface area (Å²) in [6.45, 7) is 2.56. The van der Waals surface area contributed by atoms with E-state index in [2.05, 4.69) is 4.98 Å². The lowest BCUT2D eigenvalue weighted by atomic mass is 10.2. The van der Waals surface area contributed by atoms with Gasteiger partial charge < -0.3 is 9.64 Å². The fourth-order valence-electron chi connectivity index (χ4n) is 2.03. The Balaban J connectivity index is 2.29. The normalized spacial score (nSPS) is 11.2. The van der Waals surface area contributed by atoms with Crippen LogP contribution in [0.15, 0.2) is 24.4 Å². The molecule has 0 spiro atoms. The van der Waals surface area contributed by atoms with E-state index in [1.165, 1.54) is 12.3 Å². The molecule has 0 aliphatic carbocycles. The number of halogens is 3. The fraction of sp³-hybridized carbons (Fsp3) is 0.250. The van der Waals surface area contributed by atoms with Gasteiger partial charge in [0.2, 0.25) is 10.0 Å². The summed E-state index contributed by atoms with van der Waals surface area (Å²) in [4.78, 5) is 17.6. The van der Waals surface area contributed by atoms with Gasteiger partial charge in [-0.05, 0) is 13.0 Å². The van der Waals surface area contributed by atoms with Crippen LogP contribution < -0.4 is 14.4 Å². The Bertz CT molecular complexity index is 986. The summed E-state index contributed by atoms with van der Waals surface area (Å²) in [6.07, 6.45) is 2.00. The van der Waals surface area contributed by atoms with Gasteiger partial charge in [-0.1, -0.05) is 11.6 Å². The van der Waals surface area contributed by atoms with Crippen molar-refractivity contribution in [3.8, 4) is 11.5 Å². The van der Waals surface area contributed by atoms with Crippen molar-refractivity contribution in [2.75, 3.05) is 24.7 Å². The number of sulfonamides is 1. The molecule has 7 nitrogen and oxygen atoms in total. The lowest BCUT2D eigenvalue weighted by Gasteiger charge is -2.17. The number of ether oxygens (including phenoxy) is 1. The maximum absolute atomic E-state index is 14.2. The van der Waals surface area contributed by atoms with Gasteiger partial charge in [0.05, 0.1) is 23.0 Å². The first-order chi connectivity index (χ1) is 12.5. The third kappa shape index (κ3) is 5.27. The predicted octanol–water partition coefficient (Wildman–Crippen LogP) is 2.95. The monoisotopic (exact) mass is 419 g/mol. The highest BCUT2D eigenvalue weighted by atomic mass is 35.5. The van der Waals surface area contributed by atoms with Gasteiger partial charge in [-0.15, -0.1) is 0 Å². The van der Waals surface area contributed by atoms with E-state index in [1.807, 2.05) is 6.92 Å². The number of aromatic nitrogens is 1. The van der Waals surface area contributed by atoms with Gasteiger partial charge in [-0.2, -0.15) is 0 Å². The molecule has 27 heavy (non-hydrogen) atoms. The van der Waals surface area contributed by atoms with Crippen LogP contribution in [0.3, 0.4) is 0 Å². The number of benzene rings is 1. The van der Waals surface area contributed by atoms with Crippen LogP contribution in [-0.4, -0.2) is 39.2 Å². The molecule has 0 radical (unpaired) electrons. The van der Waals surface area contributed by atoms with Crippen molar-refractivity contribution in [2.45, 2.75) is 6.92 Å². The number of carbonyl (C=O) groups excluding carboxylic acids is 1. The molecule has 1 aromatic carbocycles. The molecule has 0 atom stereocenters. The topological polar surface area (TPSA) is 88.6 Å². The summed E-state index contributed by atoms with van der Waals surface area (Å²) in [5.41, 5.74) is -0.777. The van der Waals surface area contributed by atoms with E-state index < -0.39 is 38.9 Å². The Morgan fingerprint density at radius 3 is 2.52 bits per heavy atom. The van der Waals surface area contributed by atoms with Gasteiger partial charge in [0, 0.05) is 25.7 Å². The van der Waals surface area contributed by atoms with Crippen LogP contribution in [0.4, 0.5) is 14.6 Å². The van der Waals surface area contributed by atoms with Crippen LogP contribution in [0.25, 0.3) is 0 Å². The molecular weight excluding hydrogens is 404 g/mol. The zero-order valence-electron chi connectivity index (χ0n) is 14.6. The number of hydrogen-bond acceptors (Lipinski definition) is 6. The smallest absolute Gasteiger partial charge is 0.267 e. The second-order valence-corrected chi connectivity index (χ2v) is 7.71. The number of anilines is 1. The summed E-state index contributed by atoms with van der Waals surface area (Å²) in [5, 5.41) is 0.252. The van der Waals surface area contributed by atoms with E-state index in [9.17, 15) is 22.0 Å². The highest BCUT2D eigenvalue weighted by molar-refractivity contribution is 7.89. The molecule has 0 saturated carbocycles. The Kier molecular flexibility index (Phi) is 6.22. The lowest BCUT2D eigenvalue weighted by Crippen LogP contribution is -2.30. The number of nitrogens with zero attached hydrogens (tertiary/aromatic N) is 2. The number of pyridine rings is 1. The zero-order chi connectivity index (χ0) is 20.4. The number of amides is 1. The predicted molar refractivity (Wildman–Crippen MR) is 96.9 cm³/mol. The van der Waals surface area contributed by atoms with Gasteiger partial charge in [-0.25, -0.2) is 26.9 Å². The Labute approximate surface area is 160 Å². The van der Waals surface area contributed by atoms with Crippen LogP contribution in [0.1, 0.15) is 17.3 Å². The van der Waals surface area contributed by atoms with Crippen molar-refractivity contribution < 1.29 is 26.7 Å². The first-order valence-corrected chi connectivity index (χ1v) is 9.84. The molecule has 1 aromatic heterocycles. The summed E-state index contributed by atoms with van der Waals surface area (Å²) in [6, 6.07) is 2.56. The van der Waals surface area contributed by atoms with E-state index in [0.717, 1.165) is 0 Å². The first-order valence-electron chi connectivity index (χ1n) is 7.57. The van der Waals surface area contributed by atoms with Gasteiger partial charge in [0.1, 0.15) is 17.4 Å². The molecule has 0 fully saturated rings. The summed E-state index contributed by atoms with van der Waals surface area (Å²) in [5.74, 6) is -3.49. The van der Waals surface area contributed by atoms with Crippen molar-refractivity contribution in [1.29, 1.82) is 0 Å². The van der Waals surface area contributed by atoms with E-state index in [4.69, 9.17) is 16.3 Å². The largest absolute Gasteiger partial charge is 0.452 e. The van der Waals surface area contributed by atoms with Gasteiger partial charge in [0.15, 0.2) is 11.6 Å². The van der Waals surface area contributed by atoms with Crippen molar-refractivity contribution in [3.05, 3.63) is 46.6 Å². The van der Waals surface area contributed by atoms with E-state index in [-0.39, 0.29) is 10.8 Å². The lowest BCUT2D eigenvalue weighted by molar-refractivity contribution is 0.0977. The molecule has 0 bridgehead atoms. The standard InChI is InChI=1S/C16H16ClF2N3O4S/c1-4-22(2)15-11(17)5-9(8-20-15)26-14-7-12(18)10(6-13(14)19)16(23)21-27(3,24)25/h5-8H,4H2,1-3H3,(H,21,23). The maximum atomic E-state index is 14.2. The number of carbonyl (C=O) groups is 1. The van der Waals surface area contributed by atoms with Crippen molar-refractivity contribution in [3.63, 3.8) is 0 Å². The maximum Gasteiger partial charge on any atom is 0.267 e. The molecule has 1 amide bonds. The summed E-state index contributed by atoms with van der Waals surface area (Å²) < 4.78 is 57.2. The summed E-state index contributed by atoms with van der Waals surface area (Å²) in [7, 11) is -2.14. The third-order valence-corrected chi connectivity index (χ3v) is 4.24. The van der Waals surface area contributed by atoms with Crippen molar-refractivity contribution >= 4 is 33.3 Å². The molecule has 0 aliphatic heterocycles. The van der Waals surface area contributed by atoms with Crippen LogP contribution in [0.5, 0.6) is 11.5 Å². The van der Waals surface area contributed by atoms with Crippen LogP contribution in [0, 0.1) is 11.6 Å². The molecular formula is C16H16ClF2N3O4S. The first kappa shape index (κ1) is 20.8. The Hall–Kier alpha value is -2.46. The molecule has 11 heteroatoms. The Morgan fingerprint density at radius 2 is 1.96 bits per heavy atom. The van der Waals surface area contributed by atoms with E-state index >= 15 is 0 Å². The average molecular weight is 420 g/mol.